The Morgan fingerprint density at radius 1 is 1.29 bits per heavy atom. The highest BCUT2D eigenvalue weighted by Gasteiger charge is 2.39. The molecule has 1 atom stereocenters. The minimum Gasteiger partial charge on any atom is -0.394 e. The number of alkyl halides is 3. The standard InChI is InChI=1S/C13H15F3N4O/c14-13(15,16)12(7-10-1-3-17-4-2-10)19-11-8-18-20(9-11)5-6-21/h1-4,8-9,12,19,21H,5-7H2. The van der Waals surface area contributed by atoms with Crippen LogP contribution in [0.2, 0.25) is 0 Å². The third-order valence-electron chi connectivity index (χ3n) is 2.89. The van der Waals surface area contributed by atoms with Crippen molar-refractivity contribution in [1.29, 1.82) is 0 Å². The van der Waals surface area contributed by atoms with Gasteiger partial charge in [-0.05, 0) is 17.7 Å². The first-order valence-corrected chi connectivity index (χ1v) is 6.34. The molecular formula is C13H15F3N4O. The molecule has 0 fully saturated rings. The number of nitrogens with zero attached hydrogens (tertiary/aromatic N) is 3. The van der Waals surface area contributed by atoms with Gasteiger partial charge in [-0.1, -0.05) is 0 Å². The van der Waals surface area contributed by atoms with E-state index in [0.717, 1.165) is 0 Å². The SMILES string of the molecule is OCCn1cc(NC(Cc2ccncc2)C(F)(F)F)cn1. The molecule has 0 amide bonds. The molecule has 0 radical (unpaired) electrons. The van der Waals surface area contributed by atoms with Crippen molar-refractivity contribution in [3.63, 3.8) is 0 Å². The lowest BCUT2D eigenvalue weighted by Gasteiger charge is -2.21. The summed E-state index contributed by atoms with van der Waals surface area (Å²) in [5.74, 6) is 0. The molecule has 2 N–H and O–H groups in total. The zero-order valence-corrected chi connectivity index (χ0v) is 11.1. The first-order valence-electron chi connectivity index (χ1n) is 6.34. The van der Waals surface area contributed by atoms with Gasteiger partial charge in [0.05, 0.1) is 25.0 Å². The van der Waals surface area contributed by atoms with Crippen molar-refractivity contribution in [2.24, 2.45) is 0 Å². The van der Waals surface area contributed by atoms with Crippen LogP contribution >= 0.6 is 0 Å². The Balaban J connectivity index is 2.09. The molecule has 1 unspecified atom stereocenters. The number of hydrogen-bond acceptors (Lipinski definition) is 4. The number of halogens is 3. The molecule has 2 heterocycles. The summed E-state index contributed by atoms with van der Waals surface area (Å²) >= 11 is 0. The third-order valence-corrected chi connectivity index (χ3v) is 2.89. The number of aliphatic hydroxyl groups excluding tert-OH is 1. The fourth-order valence-corrected chi connectivity index (χ4v) is 1.87. The smallest absolute Gasteiger partial charge is 0.394 e. The van der Waals surface area contributed by atoms with Gasteiger partial charge in [0.2, 0.25) is 0 Å². The van der Waals surface area contributed by atoms with Gasteiger partial charge in [-0.2, -0.15) is 18.3 Å². The van der Waals surface area contributed by atoms with E-state index in [1.165, 1.54) is 29.5 Å². The lowest BCUT2D eigenvalue weighted by atomic mass is 10.1. The molecule has 0 aliphatic carbocycles. The van der Waals surface area contributed by atoms with Crippen LogP contribution in [0.3, 0.4) is 0 Å². The molecule has 0 saturated heterocycles. The van der Waals surface area contributed by atoms with Crippen molar-refractivity contribution in [3.05, 3.63) is 42.5 Å². The van der Waals surface area contributed by atoms with E-state index < -0.39 is 12.2 Å². The maximum Gasteiger partial charge on any atom is 0.408 e. The highest BCUT2D eigenvalue weighted by Crippen LogP contribution is 2.26. The van der Waals surface area contributed by atoms with Crippen LogP contribution in [0.1, 0.15) is 5.56 Å². The van der Waals surface area contributed by atoms with E-state index in [4.69, 9.17) is 5.11 Å². The van der Waals surface area contributed by atoms with Crippen LogP contribution in [-0.4, -0.2) is 38.7 Å². The maximum absolute atomic E-state index is 13.1. The minimum absolute atomic E-state index is 0.124. The number of hydrogen-bond donors (Lipinski definition) is 2. The fraction of sp³-hybridized carbons (Fsp3) is 0.385. The summed E-state index contributed by atoms with van der Waals surface area (Å²) in [7, 11) is 0. The molecule has 0 aliphatic heterocycles. The Kier molecular flexibility index (Phi) is 4.79. The van der Waals surface area contributed by atoms with Crippen LogP contribution in [0, 0.1) is 0 Å². The molecule has 0 aromatic carbocycles. The highest BCUT2D eigenvalue weighted by atomic mass is 19.4. The van der Waals surface area contributed by atoms with E-state index >= 15 is 0 Å². The van der Waals surface area contributed by atoms with Crippen LogP contribution in [0.15, 0.2) is 36.9 Å². The van der Waals surface area contributed by atoms with E-state index in [1.54, 1.807) is 12.1 Å². The van der Waals surface area contributed by atoms with Gasteiger partial charge in [0, 0.05) is 25.0 Å². The Hall–Kier alpha value is -2.09. The Morgan fingerprint density at radius 2 is 2.00 bits per heavy atom. The van der Waals surface area contributed by atoms with E-state index in [1.807, 2.05) is 0 Å². The molecular weight excluding hydrogens is 285 g/mol. The largest absolute Gasteiger partial charge is 0.408 e. The molecule has 0 saturated carbocycles. The molecule has 0 spiro atoms. The average Bonchev–Trinajstić information content (AvgIpc) is 2.86. The number of anilines is 1. The molecule has 2 aromatic heterocycles. The van der Waals surface area contributed by atoms with Crippen molar-refractivity contribution in [2.45, 2.75) is 25.2 Å². The van der Waals surface area contributed by atoms with Crippen LogP contribution in [0.5, 0.6) is 0 Å². The van der Waals surface area contributed by atoms with Gasteiger partial charge in [-0.15, -0.1) is 0 Å². The van der Waals surface area contributed by atoms with Crippen molar-refractivity contribution in [1.82, 2.24) is 14.8 Å². The summed E-state index contributed by atoms with van der Waals surface area (Å²) in [6.07, 6.45) is 1.08. The third kappa shape index (κ3) is 4.45. The quantitative estimate of drug-likeness (QED) is 0.855. The van der Waals surface area contributed by atoms with Gasteiger partial charge in [0.1, 0.15) is 6.04 Å². The van der Waals surface area contributed by atoms with Gasteiger partial charge in [0.15, 0.2) is 0 Å². The Bertz CT molecular complexity index is 556. The van der Waals surface area contributed by atoms with E-state index in [9.17, 15) is 13.2 Å². The summed E-state index contributed by atoms with van der Waals surface area (Å²) < 4.78 is 40.7. The topological polar surface area (TPSA) is 63.0 Å². The van der Waals surface area contributed by atoms with Gasteiger partial charge in [-0.25, -0.2) is 0 Å². The number of aromatic nitrogens is 3. The Labute approximate surface area is 119 Å². The van der Waals surface area contributed by atoms with Crippen LogP contribution < -0.4 is 5.32 Å². The average molecular weight is 300 g/mol. The van der Waals surface area contributed by atoms with E-state index in [0.29, 0.717) is 5.56 Å². The lowest BCUT2D eigenvalue weighted by molar-refractivity contribution is -0.142. The summed E-state index contributed by atoms with van der Waals surface area (Å²) in [5, 5.41) is 15.1. The summed E-state index contributed by atoms with van der Waals surface area (Å²) in [6, 6.07) is 1.39. The summed E-state index contributed by atoms with van der Waals surface area (Å²) in [4.78, 5) is 3.78. The minimum atomic E-state index is -4.39. The predicted octanol–water partition coefficient (Wildman–Crippen LogP) is 1.86. The maximum atomic E-state index is 13.1. The number of aliphatic hydroxyl groups is 1. The molecule has 0 bridgehead atoms. The molecule has 2 aromatic rings. The highest BCUT2D eigenvalue weighted by molar-refractivity contribution is 5.40. The molecule has 114 valence electrons. The van der Waals surface area contributed by atoms with Crippen LogP contribution in [0.4, 0.5) is 18.9 Å². The molecule has 5 nitrogen and oxygen atoms in total. The first-order chi connectivity index (χ1) is 9.99. The summed E-state index contributed by atoms with van der Waals surface area (Å²) in [5.41, 5.74) is 0.808. The second-order valence-corrected chi connectivity index (χ2v) is 4.51. The summed E-state index contributed by atoms with van der Waals surface area (Å²) in [6.45, 7) is 0.115. The van der Waals surface area contributed by atoms with Crippen LogP contribution in [0.25, 0.3) is 0 Å². The van der Waals surface area contributed by atoms with Crippen molar-refractivity contribution in [3.8, 4) is 0 Å². The zero-order chi connectivity index (χ0) is 15.3. The molecule has 0 aliphatic rings. The number of rotatable bonds is 6. The Morgan fingerprint density at radius 3 is 2.62 bits per heavy atom. The van der Waals surface area contributed by atoms with Crippen molar-refractivity contribution < 1.29 is 18.3 Å². The molecule has 2 rings (SSSR count). The number of nitrogens with one attached hydrogen (secondary N) is 1. The van der Waals surface area contributed by atoms with Gasteiger partial charge < -0.3 is 10.4 Å². The second-order valence-electron chi connectivity index (χ2n) is 4.51. The fourth-order valence-electron chi connectivity index (χ4n) is 1.87. The lowest BCUT2D eigenvalue weighted by Crippen LogP contribution is -2.38. The monoisotopic (exact) mass is 300 g/mol. The zero-order valence-electron chi connectivity index (χ0n) is 11.1. The van der Waals surface area contributed by atoms with Crippen molar-refractivity contribution >= 4 is 5.69 Å². The number of pyridine rings is 1. The van der Waals surface area contributed by atoms with Gasteiger partial charge in [0.25, 0.3) is 0 Å². The molecule has 21 heavy (non-hydrogen) atoms. The van der Waals surface area contributed by atoms with Crippen molar-refractivity contribution in [2.75, 3.05) is 11.9 Å². The first kappa shape index (κ1) is 15.3. The normalized spacial score (nSPS) is 13.1. The van der Waals surface area contributed by atoms with Crippen LogP contribution in [-0.2, 0) is 13.0 Å². The predicted molar refractivity (Wildman–Crippen MR) is 70.7 cm³/mol. The van der Waals surface area contributed by atoms with Gasteiger partial charge in [-0.3, -0.25) is 9.67 Å². The molecule has 8 heteroatoms. The van der Waals surface area contributed by atoms with Gasteiger partial charge >= 0.3 is 6.18 Å². The second kappa shape index (κ2) is 6.57. The van der Waals surface area contributed by atoms with E-state index in [2.05, 4.69) is 15.4 Å². The van der Waals surface area contributed by atoms with E-state index in [-0.39, 0.29) is 25.3 Å².